The summed E-state index contributed by atoms with van der Waals surface area (Å²) in [5.74, 6) is -1.99. The number of allylic oxidation sites excluding steroid dienone is 2. The first-order valence-corrected chi connectivity index (χ1v) is 15.2. The van der Waals surface area contributed by atoms with Crippen molar-refractivity contribution in [2.45, 2.75) is 33.6 Å². The van der Waals surface area contributed by atoms with Crippen LogP contribution in [0.5, 0.6) is 11.5 Å². The number of nitrogens with zero attached hydrogens (tertiary/aromatic N) is 1. The number of nitrogens with one attached hydrogen (secondary N) is 3. The van der Waals surface area contributed by atoms with E-state index in [1.54, 1.807) is 68.4 Å². The monoisotopic (exact) mass is 672 g/mol. The maximum atomic E-state index is 13.6. The molecule has 0 saturated carbocycles. The molecule has 4 rings (SSSR count). The molecule has 0 aromatic heterocycles. The van der Waals surface area contributed by atoms with E-state index in [4.69, 9.17) is 18.9 Å². The lowest BCUT2D eigenvalue weighted by Gasteiger charge is -2.30. The van der Waals surface area contributed by atoms with E-state index in [2.05, 4.69) is 16.0 Å². The Balaban J connectivity index is 1.46. The fourth-order valence-electron chi connectivity index (χ4n) is 5.11. The van der Waals surface area contributed by atoms with Crippen LogP contribution in [0.1, 0.15) is 39.2 Å². The van der Waals surface area contributed by atoms with Crippen molar-refractivity contribution in [3.05, 3.63) is 111 Å². The summed E-state index contributed by atoms with van der Waals surface area (Å²) in [6.45, 7) is 5.82. The zero-order valence-electron chi connectivity index (χ0n) is 27.4. The molecular formula is C35H36N4O10. The number of nitro groups is 1. The van der Waals surface area contributed by atoms with Crippen LogP contribution in [-0.4, -0.2) is 55.1 Å². The Morgan fingerprint density at radius 2 is 1.16 bits per heavy atom. The number of carbonyl (C=O) groups excluding carboxylic acids is 4. The van der Waals surface area contributed by atoms with Crippen LogP contribution in [0.3, 0.4) is 0 Å². The summed E-state index contributed by atoms with van der Waals surface area (Å²) in [6, 6.07) is 19.0. The van der Waals surface area contributed by atoms with Crippen molar-refractivity contribution in [3.8, 4) is 11.5 Å². The Kier molecular flexibility index (Phi) is 12.1. The molecule has 0 radical (unpaired) electrons. The first kappa shape index (κ1) is 35.7. The third-order valence-corrected chi connectivity index (χ3v) is 7.13. The molecule has 256 valence electrons. The summed E-state index contributed by atoms with van der Waals surface area (Å²) in [5.41, 5.74) is 2.26. The van der Waals surface area contributed by atoms with Gasteiger partial charge >= 0.3 is 11.9 Å². The van der Waals surface area contributed by atoms with Gasteiger partial charge in [-0.2, -0.15) is 0 Å². The second kappa shape index (κ2) is 16.6. The van der Waals surface area contributed by atoms with Crippen molar-refractivity contribution in [3.63, 3.8) is 0 Å². The standard InChI is InChI=1S/C35H36N4O10/c1-21-31(34(42)48-18-16-46-29-12-8-26(9-13-29)37-23(3)40)33(25-6-5-7-28(20-25)39(44)45)32(22(2)36-21)35(43)49-19-17-47-30-14-10-27(11-15-30)38-24(4)41/h5-15,20,33,36H,16-19H2,1-4H3,(H,37,40)(H,38,41). The molecule has 0 aliphatic carbocycles. The van der Waals surface area contributed by atoms with E-state index in [1.807, 2.05) is 0 Å². The number of anilines is 2. The third kappa shape index (κ3) is 9.91. The number of carbonyl (C=O) groups is 4. The molecule has 0 fully saturated rings. The topological polar surface area (TPSA) is 184 Å². The lowest BCUT2D eigenvalue weighted by molar-refractivity contribution is -0.384. The summed E-state index contributed by atoms with van der Waals surface area (Å²) in [7, 11) is 0. The van der Waals surface area contributed by atoms with Crippen molar-refractivity contribution in [2.24, 2.45) is 0 Å². The zero-order chi connectivity index (χ0) is 35.5. The lowest BCUT2D eigenvalue weighted by Crippen LogP contribution is -2.33. The van der Waals surface area contributed by atoms with Crippen molar-refractivity contribution in [1.82, 2.24) is 5.32 Å². The van der Waals surface area contributed by atoms with Gasteiger partial charge in [-0.3, -0.25) is 19.7 Å². The van der Waals surface area contributed by atoms with Crippen LogP contribution in [0.25, 0.3) is 0 Å². The van der Waals surface area contributed by atoms with Gasteiger partial charge in [0.2, 0.25) is 11.8 Å². The quantitative estimate of drug-likeness (QED) is 0.0907. The summed E-state index contributed by atoms with van der Waals surface area (Å²) < 4.78 is 22.4. The molecule has 3 aromatic rings. The SMILES string of the molecule is CC(=O)Nc1ccc(OCCOC(=O)C2=C(C)NC(C)=C(C(=O)OCCOc3ccc(NC(C)=O)cc3)C2c2cccc([N+](=O)[O-])c2)cc1. The fourth-order valence-corrected chi connectivity index (χ4v) is 5.11. The largest absolute Gasteiger partial charge is 0.490 e. The molecule has 14 heteroatoms. The van der Waals surface area contributed by atoms with Gasteiger partial charge in [-0.15, -0.1) is 0 Å². The number of ether oxygens (including phenoxy) is 4. The number of nitro benzene ring substituents is 1. The van der Waals surface area contributed by atoms with E-state index in [0.717, 1.165) is 0 Å². The van der Waals surface area contributed by atoms with E-state index >= 15 is 0 Å². The Morgan fingerprint density at radius 3 is 1.57 bits per heavy atom. The Morgan fingerprint density at radius 1 is 0.714 bits per heavy atom. The predicted octanol–water partition coefficient (Wildman–Crippen LogP) is 4.99. The highest BCUT2D eigenvalue weighted by atomic mass is 16.6. The molecule has 0 spiro atoms. The van der Waals surface area contributed by atoms with E-state index in [-0.39, 0.29) is 55.1 Å². The molecule has 49 heavy (non-hydrogen) atoms. The average molecular weight is 673 g/mol. The molecule has 14 nitrogen and oxygen atoms in total. The number of hydrogen-bond acceptors (Lipinski definition) is 11. The number of esters is 2. The number of non-ortho nitro benzene ring substituents is 1. The van der Waals surface area contributed by atoms with Crippen molar-refractivity contribution in [1.29, 1.82) is 0 Å². The highest BCUT2D eigenvalue weighted by molar-refractivity contribution is 6.00. The molecule has 3 N–H and O–H groups in total. The molecule has 3 aromatic carbocycles. The number of benzene rings is 3. The molecule has 0 atom stereocenters. The van der Waals surface area contributed by atoms with Gasteiger partial charge in [0.25, 0.3) is 5.69 Å². The number of rotatable bonds is 14. The molecule has 1 aliphatic rings. The molecular weight excluding hydrogens is 636 g/mol. The molecule has 2 amide bonds. The highest BCUT2D eigenvalue weighted by Crippen LogP contribution is 2.40. The Bertz CT molecular complexity index is 1680. The maximum absolute atomic E-state index is 13.6. The van der Waals surface area contributed by atoms with Crippen LogP contribution in [0, 0.1) is 10.1 Å². The van der Waals surface area contributed by atoms with Gasteiger partial charge in [0.05, 0.1) is 22.0 Å². The van der Waals surface area contributed by atoms with Crippen molar-refractivity contribution >= 4 is 40.8 Å². The normalized spacial score (nSPS) is 12.8. The first-order valence-electron chi connectivity index (χ1n) is 15.2. The van der Waals surface area contributed by atoms with Crippen LogP contribution in [0.4, 0.5) is 17.1 Å². The van der Waals surface area contributed by atoms with Gasteiger partial charge in [0, 0.05) is 48.7 Å². The third-order valence-electron chi connectivity index (χ3n) is 7.13. The number of hydrogen-bond donors (Lipinski definition) is 3. The molecule has 0 bridgehead atoms. The Hall–Kier alpha value is -6.18. The molecule has 1 heterocycles. The number of amides is 2. The fraction of sp³-hybridized carbons (Fsp3) is 0.257. The van der Waals surface area contributed by atoms with Crippen LogP contribution in [0.15, 0.2) is 95.3 Å². The van der Waals surface area contributed by atoms with Crippen molar-refractivity contribution in [2.75, 3.05) is 37.1 Å². The van der Waals surface area contributed by atoms with E-state index in [9.17, 15) is 29.3 Å². The smallest absolute Gasteiger partial charge is 0.336 e. The van der Waals surface area contributed by atoms with Gasteiger partial charge in [0.15, 0.2) is 0 Å². The Labute approximate surface area is 282 Å². The summed E-state index contributed by atoms with van der Waals surface area (Å²) >= 11 is 0. The first-order chi connectivity index (χ1) is 23.4. The van der Waals surface area contributed by atoms with Crippen LogP contribution >= 0.6 is 0 Å². The lowest BCUT2D eigenvalue weighted by atomic mass is 9.80. The maximum Gasteiger partial charge on any atom is 0.336 e. The van der Waals surface area contributed by atoms with Gasteiger partial charge in [0.1, 0.15) is 37.9 Å². The van der Waals surface area contributed by atoms with Crippen LogP contribution in [0.2, 0.25) is 0 Å². The van der Waals surface area contributed by atoms with Crippen LogP contribution in [-0.2, 0) is 28.7 Å². The van der Waals surface area contributed by atoms with E-state index in [0.29, 0.717) is 39.8 Å². The van der Waals surface area contributed by atoms with Gasteiger partial charge in [-0.05, 0) is 67.9 Å². The molecule has 0 saturated heterocycles. The minimum atomic E-state index is -1.05. The predicted molar refractivity (Wildman–Crippen MR) is 179 cm³/mol. The van der Waals surface area contributed by atoms with E-state index < -0.39 is 22.8 Å². The highest BCUT2D eigenvalue weighted by Gasteiger charge is 2.38. The average Bonchev–Trinajstić information content (AvgIpc) is 3.05. The minimum absolute atomic E-state index is 0.00614. The minimum Gasteiger partial charge on any atom is -0.490 e. The second-order valence-electron chi connectivity index (χ2n) is 10.9. The summed E-state index contributed by atoms with van der Waals surface area (Å²) in [5, 5.41) is 20.0. The second-order valence-corrected chi connectivity index (χ2v) is 10.9. The molecule has 0 unspecified atom stereocenters. The number of dihydropyridines is 1. The van der Waals surface area contributed by atoms with Gasteiger partial charge < -0.3 is 34.9 Å². The van der Waals surface area contributed by atoms with E-state index in [1.165, 1.54) is 32.0 Å². The summed E-state index contributed by atoms with van der Waals surface area (Å²) in [6.07, 6.45) is 0. The summed E-state index contributed by atoms with van der Waals surface area (Å²) in [4.78, 5) is 60.7. The van der Waals surface area contributed by atoms with Gasteiger partial charge in [-0.25, -0.2) is 9.59 Å². The zero-order valence-corrected chi connectivity index (χ0v) is 27.4. The van der Waals surface area contributed by atoms with Crippen molar-refractivity contribution < 1.29 is 43.0 Å². The van der Waals surface area contributed by atoms with Crippen LogP contribution < -0.4 is 25.4 Å². The molecule has 1 aliphatic heterocycles. The van der Waals surface area contributed by atoms with Gasteiger partial charge in [-0.1, -0.05) is 12.1 Å².